The van der Waals surface area contributed by atoms with Crippen molar-refractivity contribution in [1.82, 2.24) is 24.9 Å². The Morgan fingerprint density at radius 2 is 2.00 bits per heavy atom. The highest BCUT2D eigenvalue weighted by Crippen LogP contribution is 2.22. The highest BCUT2D eigenvalue weighted by atomic mass is 16.6. The number of benzene rings is 1. The third-order valence-corrected chi connectivity index (χ3v) is 4.67. The van der Waals surface area contributed by atoms with Crippen molar-refractivity contribution >= 4 is 11.6 Å². The highest BCUT2D eigenvalue weighted by Gasteiger charge is 2.21. The number of carbonyl (C=O) groups excluding carboxylic acids is 1. The van der Waals surface area contributed by atoms with Crippen LogP contribution in [-0.2, 0) is 13.1 Å². The number of hydrogen-bond acceptors (Lipinski definition) is 5. The van der Waals surface area contributed by atoms with E-state index >= 15 is 0 Å². The van der Waals surface area contributed by atoms with E-state index in [0.29, 0.717) is 30.0 Å². The standard InChI is InChI=1S/C20H24N6O3/c1-14-8-11-24(22-14)10-5-9-21-20(27)18-7-4-6-17(12-18)13-25-16(3)19(26(28)29)15(2)23-25/h4,6-8,11-12H,5,9-10,13H2,1-3H3,(H,21,27). The molecule has 0 fully saturated rings. The van der Waals surface area contributed by atoms with Gasteiger partial charge in [-0.15, -0.1) is 0 Å². The second kappa shape index (κ2) is 8.68. The number of aromatic nitrogens is 4. The summed E-state index contributed by atoms with van der Waals surface area (Å²) in [6.07, 6.45) is 2.70. The lowest BCUT2D eigenvalue weighted by Crippen LogP contribution is -2.25. The number of carbonyl (C=O) groups is 1. The van der Waals surface area contributed by atoms with Crippen LogP contribution in [0.25, 0.3) is 0 Å². The van der Waals surface area contributed by atoms with Crippen molar-refractivity contribution < 1.29 is 9.72 Å². The Balaban J connectivity index is 1.59. The Labute approximate surface area is 168 Å². The lowest BCUT2D eigenvalue weighted by Gasteiger charge is -2.08. The maximum atomic E-state index is 12.4. The molecular weight excluding hydrogens is 372 g/mol. The zero-order valence-corrected chi connectivity index (χ0v) is 16.8. The average molecular weight is 396 g/mol. The number of aryl methyl sites for hydroxylation is 3. The number of nitro groups is 1. The summed E-state index contributed by atoms with van der Waals surface area (Å²) in [4.78, 5) is 23.2. The van der Waals surface area contributed by atoms with Gasteiger partial charge >= 0.3 is 5.69 Å². The van der Waals surface area contributed by atoms with Crippen molar-refractivity contribution in [3.8, 4) is 0 Å². The van der Waals surface area contributed by atoms with Crippen LogP contribution < -0.4 is 5.32 Å². The molecule has 1 amide bonds. The second-order valence-corrected chi connectivity index (χ2v) is 6.96. The van der Waals surface area contributed by atoms with Crippen molar-refractivity contribution in [2.45, 2.75) is 40.3 Å². The van der Waals surface area contributed by atoms with Crippen molar-refractivity contribution in [3.05, 3.63) is 74.9 Å². The Morgan fingerprint density at radius 3 is 2.66 bits per heavy atom. The first kappa shape index (κ1) is 20.2. The molecule has 0 spiro atoms. The van der Waals surface area contributed by atoms with E-state index in [4.69, 9.17) is 0 Å². The number of amides is 1. The molecule has 0 aliphatic carbocycles. The van der Waals surface area contributed by atoms with Crippen molar-refractivity contribution in [2.24, 2.45) is 0 Å². The van der Waals surface area contributed by atoms with Gasteiger partial charge in [0.1, 0.15) is 11.4 Å². The molecule has 9 heteroatoms. The summed E-state index contributed by atoms with van der Waals surface area (Å²) in [7, 11) is 0. The fourth-order valence-corrected chi connectivity index (χ4v) is 3.22. The van der Waals surface area contributed by atoms with E-state index in [1.165, 1.54) is 0 Å². The molecule has 0 atom stereocenters. The van der Waals surface area contributed by atoms with Crippen LogP contribution in [0.5, 0.6) is 0 Å². The van der Waals surface area contributed by atoms with Gasteiger partial charge in [0.05, 0.1) is 17.2 Å². The monoisotopic (exact) mass is 396 g/mol. The summed E-state index contributed by atoms with van der Waals surface area (Å²) in [6, 6.07) is 9.16. The molecule has 0 saturated carbocycles. The molecule has 0 unspecified atom stereocenters. The SMILES string of the molecule is Cc1ccn(CCCNC(=O)c2cccc(Cn3nc(C)c([N+](=O)[O-])c3C)c2)n1. The van der Waals surface area contributed by atoms with Crippen LogP contribution in [0.15, 0.2) is 36.5 Å². The molecule has 2 aromatic heterocycles. The molecule has 9 nitrogen and oxygen atoms in total. The summed E-state index contributed by atoms with van der Waals surface area (Å²) in [5.74, 6) is -0.150. The molecule has 0 aliphatic heterocycles. The van der Waals surface area contributed by atoms with Gasteiger partial charge in [-0.2, -0.15) is 10.2 Å². The Kier molecular flexibility index (Phi) is 6.06. The summed E-state index contributed by atoms with van der Waals surface area (Å²) in [5, 5.41) is 22.7. The fraction of sp³-hybridized carbons (Fsp3) is 0.350. The van der Waals surface area contributed by atoms with E-state index in [-0.39, 0.29) is 11.6 Å². The average Bonchev–Trinajstić information content (AvgIpc) is 3.21. The largest absolute Gasteiger partial charge is 0.352 e. The van der Waals surface area contributed by atoms with E-state index in [9.17, 15) is 14.9 Å². The molecule has 3 rings (SSSR count). The summed E-state index contributed by atoms with van der Waals surface area (Å²) >= 11 is 0. The third-order valence-electron chi connectivity index (χ3n) is 4.67. The lowest BCUT2D eigenvalue weighted by atomic mass is 10.1. The van der Waals surface area contributed by atoms with Crippen LogP contribution in [0.1, 0.15) is 39.4 Å². The normalized spacial score (nSPS) is 10.9. The molecule has 29 heavy (non-hydrogen) atoms. The lowest BCUT2D eigenvalue weighted by molar-refractivity contribution is -0.386. The molecular formula is C20H24N6O3. The van der Waals surface area contributed by atoms with Crippen molar-refractivity contribution in [2.75, 3.05) is 6.54 Å². The zero-order valence-electron chi connectivity index (χ0n) is 16.8. The van der Waals surface area contributed by atoms with Crippen LogP contribution in [-0.4, -0.2) is 36.9 Å². The van der Waals surface area contributed by atoms with Gasteiger partial charge in [-0.05, 0) is 51.0 Å². The summed E-state index contributed by atoms with van der Waals surface area (Å²) in [6.45, 7) is 6.89. The first-order chi connectivity index (χ1) is 13.8. The van der Waals surface area contributed by atoms with Crippen LogP contribution in [0.4, 0.5) is 5.69 Å². The van der Waals surface area contributed by atoms with Gasteiger partial charge in [0.2, 0.25) is 0 Å². The van der Waals surface area contributed by atoms with Gasteiger partial charge in [0, 0.05) is 24.8 Å². The van der Waals surface area contributed by atoms with Crippen LogP contribution in [0, 0.1) is 30.9 Å². The van der Waals surface area contributed by atoms with E-state index in [2.05, 4.69) is 15.5 Å². The van der Waals surface area contributed by atoms with E-state index in [1.54, 1.807) is 36.7 Å². The van der Waals surface area contributed by atoms with Crippen molar-refractivity contribution in [3.63, 3.8) is 0 Å². The predicted molar refractivity (Wildman–Crippen MR) is 108 cm³/mol. The van der Waals surface area contributed by atoms with Crippen LogP contribution >= 0.6 is 0 Å². The van der Waals surface area contributed by atoms with E-state index in [1.807, 2.05) is 29.9 Å². The Hall–Kier alpha value is -3.49. The number of nitrogens with zero attached hydrogens (tertiary/aromatic N) is 5. The minimum atomic E-state index is -0.414. The zero-order chi connectivity index (χ0) is 21.0. The van der Waals surface area contributed by atoms with Gasteiger partial charge in [0.15, 0.2) is 0 Å². The third kappa shape index (κ3) is 4.87. The molecule has 2 heterocycles. The van der Waals surface area contributed by atoms with Crippen LogP contribution in [0.3, 0.4) is 0 Å². The predicted octanol–water partition coefficient (Wildman–Crippen LogP) is 2.78. The molecule has 0 radical (unpaired) electrons. The second-order valence-electron chi connectivity index (χ2n) is 6.96. The molecule has 0 aliphatic rings. The quantitative estimate of drug-likeness (QED) is 0.358. The van der Waals surface area contributed by atoms with Gasteiger partial charge in [-0.3, -0.25) is 24.3 Å². The first-order valence-corrected chi connectivity index (χ1v) is 9.40. The molecule has 0 saturated heterocycles. The minimum absolute atomic E-state index is 0.0336. The minimum Gasteiger partial charge on any atom is -0.352 e. The van der Waals surface area contributed by atoms with Gasteiger partial charge in [-0.1, -0.05) is 12.1 Å². The van der Waals surface area contributed by atoms with Gasteiger partial charge in [0.25, 0.3) is 5.91 Å². The molecule has 0 bridgehead atoms. The summed E-state index contributed by atoms with van der Waals surface area (Å²) < 4.78 is 3.45. The Bertz CT molecular complexity index is 1040. The number of rotatable bonds is 8. The smallest absolute Gasteiger partial charge is 0.312 e. The van der Waals surface area contributed by atoms with Gasteiger partial charge in [-0.25, -0.2) is 0 Å². The molecule has 3 aromatic rings. The molecule has 1 aromatic carbocycles. The topological polar surface area (TPSA) is 108 Å². The molecule has 152 valence electrons. The maximum Gasteiger partial charge on any atom is 0.312 e. The fourth-order valence-electron chi connectivity index (χ4n) is 3.22. The van der Waals surface area contributed by atoms with Gasteiger partial charge < -0.3 is 5.32 Å². The summed E-state index contributed by atoms with van der Waals surface area (Å²) in [5.41, 5.74) is 3.29. The maximum absolute atomic E-state index is 12.4. The number of nitrogens with one attached hydrogen (secondary N) is 1. The first-order valence-electron chi connectivity index (χ1n) is 9.40. The molecule has 1 N–H and O–H groups in total. The van der Waals surface area contributed by atoms with Crippen LogP contribution in [0.2, 0.25) is 0 Å². The van der Waals surface area contributed by atoms with Crippen molar-refractivity contribution in [1.29, 1.82) is 0 Å². The van der Waals surface area contributed by atoms with E-state index < -0.39 is 4.92 Å². The highest BCUT2D eigenvalue weighted by molar-refractivity contribution is 5.94. The Morgan fingerprint density at radius 1 is 1.21 bits per heavy atom. The van der Waals surface area contributed by atoms with E-state index in [0.717, 1.165) is 24.2 Å². The number of hydrogen-bond donors (Lipinski definition) is 1.